The molecular weight excluding hydrogens is 188 g/mol. The summed E-state index contributed by atoms with van der Waals surface area (Å²) in [6, 6.07) is 8.02. The zero-order valence-corrected chi connectivity index (χ0v) is 9.40. The molecule has 2 nitrogen and oxygen atoms in total. The third kappa shape index (κ3) is 4.66. The van der Waals surface area contributed by atoms with E-state index in [9.17, 15) is 0 Å². The van der Waals surface area contributed by atoms with Crippen molar-refractivity contribution >= 4 is 6.08 Å². The molecule has 0 saturated heterocycles. The molecule has 0 spiro atoms. The normalized spacial score (nSPS) is 10.8. The van der Waals surface area contributed by atoms with Gasteiger partial charge in [-0.2, -0.15) is 0 Å². The van der Waals surface area contributed by atoms with Crippen molar-refractivity contribution in [3.8, 4) is 5.75 Å². The predicted molar refractivity (Wildman–Crippen MR) is 63.1 cm³/mol. The van der Waals surface area contributed by atoms with Gasteiger partial charge in [-0.1, -0.05) is 24.3 Å². The van der Waals surface area contributed by atoms with Gasteiger partial charge in [0.25, 0.3) is 0 Å². The third-order valence-corrected chi connectivity index (χ3v) is 1.94. The van der Waals surface area contributed by atoms with Crippen LogP contribution < -0.4 is 4.74 Å². The van der Waals surface area contributed by atoms with E-state index in [1.165, 1.54) is 5.56 Å². The summed E-state index contributed by atoms with van der Waals surface area (Å²) in [6.45, 7) is 5.98. The molecule has 0 atom stereocenters. The van der Waals surface area contributed by atoms with E-state index in [2.05, 4.69) is 6.08 Å². The highest BCUT2D eigenvalue weighted by atomic mass is 16.5. The van der Waals surface area contributed by atoms with Gasteiger partial charge in [-0.25, -0.2) is 0 Å². The molecule has 1 aromatic rings. The summed E-state index contributed by atoms with van der Waals surface area (Å²) in [6.07, 6.45) is 4.08. The van der Waals surface area contributed by atoms with Crippen LogP contribution in [-0.2, 0) is 4.74 Å². The van der Waals surface area contributed by atoms with E-state index in [0.717, 1.165) is 12.4 Å². The van der Waals surface area contributed by atoms with E-state index in [1.807, 2.05) is 44.2 Å². The predicted octanol–water partition coefficient (Wildman–Crippen LogP) is 3.14. The molecule has 0 saturated carbocycles. The lowest BCUT2D eigenvalue weighted by molar-refractivity contribution is 0.110. The Balaban J connectivity index is 2.36. The zero-order valence-electron chi connectivity index (χ0n) is 9.40. The quantitative estimate of drug-likeness (QED) is 0.666. The van der Waals surface area contributed by atoms with E-state index in [4.69, 9.17) is 9.47 Å². The van der Waals surface area contributed by atoms with Crippen LogP contribution in [0.5, 0.6) is 5.75 Å². The SMILES string of the molecule is C/C=C\c1ccc(OCCOCC)cc1. The van der Waals surface area contributed by atoms with Gasteiger partial charge < -0.3 is 9.47 Å². The fraction of sp³-hybridized carbons (Fsp3) is 0.385. The van der Waals surface area contributed by atoms with Crippen molar-refractivity contribution in [2.45, 2.75) is 13.8 Å². The average molecular weight is 206 g/mol. The van der Waals surface area contributed by atoms with E-state index in [0.29, 0.717) is 13.2 Å². The summed E-state index contributed by atoms with van der Waals surface area (Å²) >= 11 is 0. The Kier molecular flexibility index (Phi) is 5.56. The van der Waals surface area contributed by atoms with Gasteiger partial charge in [0.2, 0.25) is 0 Å². The molecule has 0 aromatic heterocycles. The molecule has 0 bridgehead atoms. The lowest BCUT2D eigenvalue weighted by Crippen LogP contribution is -2.06. The van der Waals surface area contributed by atoms with Crippen LogP contribution in [0.3, 0.4) is 0 Å². The van der Waals surface area contributed by atoms with Crippen LogP contribution in [0.15, 0.2) is 30.3 Å². The zero-order chi connectivity index (χ0) is 10.9. The first-order valence-electron chi connectivity index (χ1n) is 5.30. The molecule has 82 valence electrons. The van der Waals surface area contributed by atoms with Crippen LogP contribution >= 0.6 is 0 Å². The van der Waals surface area contributed by atoms with Crippen LogP contribution in [0.2, 0.25) is 0 Å². The molecule has 1 rings (SSSR count). The van der Waals surface area contributed by atoms with Gasteiger partial charge in [-0.3, -0.25) is 0 Å². The highest BCUT2D eigenvalue weighted by molar-refractivity contribution is 5.50. The van der Waals surface area contributed by atoms with Crippen LogP contribution in [0.25, 0.3) is 6.08 Å². The van der Waals surface area contributed by atoms with Crippen molar-refractivity contribution in [1.82, 2.24) is 0 Å². The molecule has 0 heterocycles. The van der Waals surface area contributed by atoms with Gasteiger partial charge in [0.1, 0.15) is 12.4 Å². The second kappa shape index (κ2) is 7.07. The number of allylic oxidation sites excluding steroid dienone is 1. The van der Waals surface area contributed by atoms with Crippen molar-refractivity contribution in [2.24, 2.45) is 0 Å². The van der Waals surface area contributed by atoms with Crippen LogP contribution in [0, 0.1) is 0 Å². The smallest absolute Gasteiger partial charge is 0.119 e. The summed E-state index contributed by atoms with van der Waals surface area (Å²) in [5.74, 6) is 0.892. The van der Waals surface area contributed by atoms with Gasteiger partial charge in [-0.15, -0.1) is 0 Å². The molecular formula is C13H18O2. The Hall–Kier alpha value is -1.28. The first kappa shape index (κ1) is 11.8. The highest BCUT2D eigenvalue weighted by Gasteiger charge is 1.93. The molecule has 0 aliphatic carbocycles. The minimum absolute atomic E-state index is 0.608. The molecule has 15 heavy (non-hydrogen) atoms. The maximum atomic E-state index is 5.49. The van der Waals surface area contributed by atoms with Crippen molar-refractivity contribution in [1.29, 1.82) is 0 Å². The summed E-state index contributed by atoms with van der Waals surface area (Å²) < 4.78 is 10.7. The van der Waals surface area contributed by atoms with Gasteiger partial charge in [-0.05, 0) is 31.5 Å². The monoisotopic (exact) mass is 206 g/mol. The number of rotatable bonds is 6. The second-order valence-electron chi connectivity index (χ2n) is 3.11. The Morgan fingerprint density at radius 1 is 1.13 bits per heavy atom. The second-order valence-corrected chi connectivity index (χ2v) is 3.11. The van der Waals surface area contributed by atoms with Gasteiger partial charge in [0.15, 0.2) is 0 Å². The minimum Gasteiger partial charge on any atom is -0.491 e. The largest absolute Gasteiger partial charge is 0.491 e. The van der Waals surface area contributed by atoms with Crippen molar-refractivity contribution in [3.05, 3.63) is 35.9 Å². The van der Waals surface area contributed by atoms with Gasteiger partial charge in [0, 0.05) is 6.61 Å². The number of hydrogen-bond donors (Lipinski definition) is 0. The maximum Gasteiger partial charge on any atom is 0.119 e. The van der Waals surface area contributed by atoms with E-state index in [1.54, 1.807) is 0 Å². The lowest BCUT2D eigenvalue weighted by Gasteiger charge is -2.06. The molecule has 0 radical (unpaired) electrons. The van der Waals surface area contributed by atoms with E-state index < -0.39 is 0 Å². The average Bonchev–Trinajstić information content (AvgIpc) is 2.27. The fourth-order valence-electron chi connectivity index (χ4n) is 1.23. The van der Waals surface area contributed by atoms with E-state index >= 15 is 0 Å². The molecule has 0 unspecified atom stereocenters. The van der Waals surface area contributed by atoms with Crippen molar-refractivity contribution in [3.63, 3.8) is 0 Å². The summed E-state index contributed by atoms with van der Waals surface area (Å²) in [4.78, 5) is 0. The van der Waals surface area contributed by atoms with Crippen molar-refractivity contribution < 1.29 is 9.47 Å². The molecule has 0 amide bonds. The Morgan fingerprint density at radius 2 is 1.87 bits per heavy atom. The molecule has 0 N–H and O–H groups in total. The maximum absolute atomic E-state index is 5.49. The molecule has 0 fully saturated rings. The molecule has 1 aromatic carbocycles. The number of ether oxygens (including phenoxy) is 2. The Bertz CT molecular complexity index is 288. The summed E-state index contributed by atoms with van der Waals surface area (Å²) in [7, 11) is 0. The first-order valence-corrected chi connectivity index (χ1v) is 5.30. The van der Waals surface area contributed by atoms with Crippen LogP contribution in [0.4, 0.5) is 0 Å². The van der Waals surface area contributed by atoms with Crippen LogP contribution in [0.1, 0.15) is 19.4 Å². The molecule has 0 aliphatic heterocycles. The fourth-order valence-corrected chi connectivity index (χ4v) is 1.23. The lowest BCUT2D eigenvalue weighted by atomic mass is 10.2. The molecule has 2 heteroatoms. The topological polar surface area (TPSA) is 18.5 Å². The summed E-state index contributed by atoms with van der Waals surface area (Å²) in [5.41, 5.74) is 1.19. The van der Waals surface area contributed by atoms with Gasteiger partial charge in [0.05, 0.1) is 6.61 Å². The standard InChI is InChI=1S/C13H18O2/c1-3-5-12-6-8-13(9-7-12)15-11-10-14-4-2/h3,5-9H,4,10-11H2,1-2H3/b5-3-. The van der Waals surface area contributed by atoms with Gasteiger partial charge >= 0.3 is 0 Å². The highest BCUT2D eigenvalue weighted by Crippen LogP contribution is 2.12. The Morgan fingerprint density at radius 3 is 2.47 bits per heavy atom. The van der Waals surface area contributed by atoms with Crippen molar-refractivity contribution in [2.75, 3.05) is 19.8 Å². The number of hydrogen-bond acceptors (Lipinski definition) is 2. The minimum atomic E-state index is 0.608. The van der Waals surface area contributed by atoms with Crippen LogP contribution in [-0.4, -0.2) is 19.8 Å². The third-order valence-electron chi connectivity index (χ3n) is 1.94. The molecule has 0 aliphatic rings. The Labute approximate surface area is 91.5 Å². The first-order chi connectivity index (χ1) is 7.36. The number of benzene rings is 1. The summed E-state index contributed by atoms with van der Waals surface area (Å²) in [5, 5.41) is 0. The van der Waals surface area contributed by atoms with E-state index in [-0.39, 0.29) is 0 Å².